The molecule has 2 saturated heterocycles. The normalized spacial score (nSPS) is 19.0. The summed E-state index contributed by atoms with van der Waals surface area (Å²) >= 11 is 1.35. The van der Waals surface area contributed by atoms with Crippen molar-refractivity contribution in [3.05, 3.63) is 23.9 Å². The van der Waals surface area contributed by atoms with Crippen LogP contribution in [0.4, 0.5) is 23.0 Å². The number of halogens is 3. The second-order valence-electron chi connectivity index (χ2n) is 9.11. The van der Waals surface area contributed by atoms with Crippen molar-refractivity contribution in [2.75, 3.05) is 45.0 Å². The maximum atomic E-state index is 13.1. The van der Waals surface area contributed by atoms with Crippen molar-refractivity contribution in [1.82, 2.24) is 19.7 Å². The lowest BCUT2D eigenvalue weighted by molar-refractivity contribution is -0.246. The van der Waals surface area contributed by atoms with Gasteiger partial charge in [0.05, 0.1) is 15.8 Å². The molecule has 0 bridgehead atoms. The molecule has 0 aliphatic carbocycles. The third-order valence-corrected chi connectivity index (χ3v) is 7.53. The van der Waals surface area contributed by atoms with E-state index in [-0.39, 0.29) is 11.9 Å². The van der Waals surface area contributed by atoms with Gasteiger partial charge in [-0.25, -0.2) is 4.79 Å². The number of hydrogen-bond donors (Lipinski definition) is 1. The topological polar surface area (TPSA) is 92.0 Å². The van der Waals surface area contributed by atoms with Crippen LogP contribution in [0.2, 0.25) is 0 Å². The van der Waals surface area contributed by atoms with Gasteiger partial charge in [-0.15, -0.1) is 11.3 Å². The number of aromatic nitrogens is 1. The van der Waals surface area contributed by atoms with Gasteiger partial charge < -0.3 is 20.3 Å². The molecular weight excluding hydrogens is 471 g/mol. The summed E-state index contributed by atoms with van der Waals surface area (Å²) < 4.78 is 44.6. The Hall–Kier alpha value is -2.60. The van der Waals surface area contributed by atoms with E-state index in [2.05, 4.69) is 9.88 Å². The van der Waals surface area contributed by atoms with E-state index >= 15 is 0 Å². The molecule has 2 aromatic heterocycles. The van der Waals surface area contributed by atoms with Gasteiger partial charge in [0, 0.05) is 51.5 Å². The number of amides is 2. The first-order valence-corrected chi connectivity index (χ1v) is 12.0. The summed E-state index contributed by atoms with van der Waals surface area (Å²) in [6, 6.07) is 3.91. The van der Waals surface area contributed by atoms with Gasteiger partial charge in [0.1, 0.15) is 5.00 Å². The molecule has 2 aliphatic heterocycles. The van der Waals surface area contributed by atoms with Gasteiger partial charge in [-0.1, -0.05) is 0 Å². The van der Waals surface area contributed by atoms with Crippen molar-refractivity contribution in [3.8, 4) is 0 Å². The summed E-state index contributed by atoms with van der Waals surface area (Å²) in [5.41, 5.74) is 4.68. The number of ether oxygens (including phenoxy) is 1. The molecular formula is C22H28F3N5O3S. The van der Waals surface area contributed by atoms with Crippen LogP contribution in [0.25, 0.3) is 10.2 Å². The fraction of sp³-hybridized carbons (Fsp3) is 0.591. The van der Waals surface area contributed by atoms with Gasteiger partial charge in [0.15, 0.2) is 0 Å². The zero-order chi connectivity index (χ0) is 24.7. The molecule has 0 unspecified atom stereocenters. The second-order valence-corrected chi connectivity index (χ2v) is 10.2. The number of hydrogen-bond acceptors (Lipinski definition) is 7. The van der Waals surface area contributed by atoms with Crippen molar-refractivity contribution in [2.45, 2.75) is 44.5 Å². The number of piperidine rings is 1. The minimum atomic E-state index is -4.63. The van der Waals surface area contributed by atoms with Crippen LogP contribution in [0.1, 0.15) is 37.0 Å². The molecule has 186 valence electrons. The van der Waals surface area contributed by atoms with Crippen molar-refractivity contribution in [2.24, 2.45) is 0 Å². The number of thiophene rings is 1. The standard InChI is InChI=1S/C22H28F3N5O3S/c1-21(2,22(23,24)25)33-20(32)30-8-5-14(6-9-30)28-10-12-29(13-11-28)19(31)16-17-15(34-18(16)26)4-3-7-27-17/h3-4,7,14H,5-6,8-13,26H2,1-2H3. The molecule has 34 heavy (non-hydrogen) atoms. The average Bonchev–Trinajstić information content (AvgIpc) is 3.13. The van der Waals surface area contributed by atoms with Crippen LogP contribution in [0.3, 0.4) is 0 Å². The first kappa shape index (κ1) is 24.5. The summed E-state index contributed by atoms with van der Waals surface area (Å²) in [5.74, 6) is -0.119. The highest BCUT2D eigenvalue weighted by Crippen LogP contribution is 2.34. The number of likely N-dealkylation sites (tertiary alicyclic amines) is 1. The summed E-state index contributed by atoms with van der Waals surface area (Å²) in [4.78, 5) is 35.1. The molecule has 0 aromatic carbocycles. The maximum absolute atomic E-state index is 13.1. The second kappa shape index (κ2) is 9.21. The molecule has 0 radical (unpaired) electrons. The highest BCUT2D eigenvalue weighted by atomic mass is 32.1. The van der Waals surface area contributed by atoms with Crippen LogP contribution in [0.15, 0.2) is 18.3 Å². The van der Waals surface area contributed by atoms with E-state index < -0.39 is 17.9 Å². The number of anilines is 1. The fourth-order valence-electron chi connectivity index (χ4n) is 4.36. The van der Waals surface area contributed by atoms with E-state index in [1.165, 1.54) is 16.2 Å². The number of alkyl halides is 3. The quantitative estimate of drug-likeness (QED) is 0.694. The zero-order valence-corrected chi connectivity index (χ0v) is 19.9. The van der Waals surface area contributed by atoms with Gasteiger partial charge in [-0.05, 0) is 38.8 Å². The van der Waals surface area contributed by atoms with Crippen LogP contribution in [0.5, 0.6) is 0 Å². The highest BCUT2D eigenvalue weighted by molar-refractivity contribution is 7.23. The molecule has 2 amide bonds. The highest BCUT2D eigenvalue weighted by Gasteiger charge is 2.51. The van der Waals surface area contributed by atoms with Crippen LogP contribution < -0.4 is 5.73 Å². The Morgan fingerprint density at radius 3 is 2.35 bits per heavy atom. The van der Waals surface area contributed by atoms with Crippen LogP contribution in [-0.2, 0) is 4.74 Å². The van der Waals surface area contributed by atoms with Crippen LogP contribution >= 0.6 is 11.3 Å². The third kappa shape index (κ3) is 4.78. The lowest BCUT2D eigenvalue weighted by atomic mass is 10.0. The van der Waals surface area contributed by atoms with E-state index in [9.17, 15) is 22.8 Å². The number of piperazine rings is 1. The molecule has 0 saturated carbocycles. The van der Waals surface area contributed by atoms with Crippen molar-refractivity contribution >= 4 is 38.6 Å². The number of nitrogens with two attached hydrogens (primary N) is 1. The van der Waals surface area contributed by atoms with Gasteiger partial charge in [0.2, 0.25) is 5.60 Å². The van der Waals surface area contributed by atoms with E-state index in [1.807, 2.05) is 12.1 Å². The van der Waals surface area contributed by atoms with Crippen LogP contribution in [0, 0.1) is 0 Å². The Morgan fingerprint density at radius 2 is 1.74 bits per heavy atom. The fourth-order valence-corrected chi connectivity index (χ4v) is 5.28. The molecule has 2 fully saturated rings. The largest absolute Gasteiger partial charge is 0.434 e. The lowest BCUT2D eigenvalue weighted by Gasteiger charge is -2.43. The Morgan fingerprint density at radius 1 is 1.09 bits per heavy atom. The van der Waals surface area contributed by atoms with Gasteiger partial charge >= 0.3 is 12.3 Å². The first-order valence-electron chi connectivity index (χ1n) is 11.2. The molecule has 0 atom stereocenters. The minimum absolute atomic E-state index is 0.119. The molecule has 2 aromatic rings. The SMILES string of the molecule is CC(C)(OC(=O)N1CCC(N2CCN(C(=O)c3c(N)sc4cccnc34)CC2)CC1)C(F)(F)F. The Bertz CT molecular complexity index is 1060. The summed E-state index contributed by atoms with van der Waals surface area (Å²) in [7, 11) is 0. The predicted molar refractivity (Wildman–Crippen MR) is 123 cm³/mol. The Balaban J connectivity index is 1.29. The van der Waals surface area contributed by atoms with E-state index in [0.717, 1.165) is 18.5 Å². The third-order valence-electron chi connectivity index (χ3n) is 6.55. The summed E-state index contributed by atoms with van der Waals surface area (Å²) in [5, 5.41) is 0.467. The summed E-state index contributed by atoms with van der Waals surface area (Å²) in [6.45, 7) is 4.81. The predicted octanol–water partition coefficient (Wildman–Crippen LogP) is 3.58. The number of rotatable bonds is 3. The van der Waals surface area contributed by atoms with Gasteiger partial charge in [-0.3, -0.25) is 14.7 Å². The van der Waals surface area contributed by atoms with E-state index in [0.29, 0.717) is 68.2 Å². The molecule has 2 N–H and O–H groups in total. The van der Waals surface area contributed by atoms with Crippen LogP contribution in [-0.4, -0.2) is 88.8 Å². The molecule has 4 heterocycles. The monoisotopic (exact) mass is 499 g/mol. The Labute approximate surface area is 199 Å². The minimum Gasteiger partial charge on any atom is -0.434 e. The number of nitrogen functional groups attached to an aromatic ring is 1. The molecule has 12 heteroatoms. The maximum Gasteiger partial charge on any atom is 0.427 e. The Kier molecular flexibility index (Phi) is 6.65. The number of carbonyl (C=O) groups is 2. The lowest BCUT2D eigenvalue weighted by Crippen LogP contribution is -2.55. The number of carbonyl (C=O) groups excluding carboxylic acids is 2. The zero-order valence-electron chi connectivity index (χ0n) is 19.1. The van der Waals surface area contributed by atoms with Gasteiger partial charge in [-0.2, -0.15) is 13.2 Å². The smallest absolute Gasteiger partial charge is 0.427 e. The van der Waals surface area contributed by atoms with Gasteiger partial charge in [0.25, 0.3) is 5.91 Å². The molecule has 2 aliphatic rings. The van der Waals surface area contributed by atoms with Crippen molar-refractivity contribution in [3.63, 3.8) is 0 Å². The average molecular weight is 500 g/mol. The number of fused-ring (bicyclic) bond motifs is 1. The van der Waals surface area contributed by atoms with Crippen molar-refractivity contribution < 1.29 is 27.5 Å². The number of pyridine rings is 1. The summed E-state index contributed by atoms with van der Waals surface area (Å²) in [6.07, 6.45) is -2.64. The molecule has 0 spiro atoms. The molecule has 8 nitrogen and oxygen atoms in total. The first-order chi connectivity index (χ1) is 16.0. The van der Waals surface area contributed by atoms with E-state index in [4.69, 9.17) is 10.5 Å². The molecule has 4 rings (SSSR count). The van der Waals surface area contributed by atoms with E-state index in [1.54, 1.807) is 11.1 Å². The number of nitrogens with zero attached hydrogens (tertiary/aromatic N) is 4. The van der Waals surface area contributed by atoms with Crippen molar-refractivity contribution in [1.29, 1.82) is 0 Å².